The van der Waals surface area contributed by atoms with Crippen molar-refractivity contribution in [3.05, 3.63) is 24.5 Å². The van der Waals surface area contributed by atoms with Gasteiger partial charge in [-0.05, 0) is 33.1 Å². The zero-order valence-corrected chi connectivity index (χ0v) is 21.7. The van der Waals surface area contributed by atoms with E-state index < -0.39 is 0 Å². The minimum absolute atomic E-state index is 0.129. The quantitative estimate of drug-likeness (QED) is 0.491. The molecule has 3 aromatic heterocycles. The first-order chi connectivity index (χ1) is 18.0. The van der Waals surface area contributed by atoms with Crippen molar-refractivity contribution in [1.82, 2.24) is 29.6 Å². The van der Waals surface area contributed by atoms with Gasteiger partial charge in [0.25, 0.3) is 0 Å². The summed E-state index contributed by atoms with van der Waals surface area (Å²) in [5.41, 5.74) is 1.02. The first kappa shape index (κ1) is 24.8. The molecule has 1 N–H and O–H groups in total. The fourth-order valence-electron chi connectivity index (χ4n) is 5.02. The molecule has 0 atom stereocenters. The molecule has 5 heterocycles. The van der Waals surface area contributed by atoms with Crippen LogP contribution in [0.4, 0.5) is 23.4 Å². The minimum Gasteiger partial charge on any atom is -0.356 e. The molecule has 0 unspecified atom stereocenters. The maximum atomic E-state index is 12.5. The highest BCUT2D eigenvalue weighted by atomic mass is 16.2. The van der Waals surface area contributed by atoms with Crippen molar-refractivity contribution in [2.45, 2.75) is 52.0 Å². The van der Waals surface area contributed by atoms with Crippen LogP contribution in [0.15, 0.2) is 24.5 Å². The van der Waals surface area contributed by atoms with Gasteiger partial charge in [0.05, 0.1) is 11.7 Å². The normalized spacial score (nSPS) is 16.3. The van der Waals surface area contributed by atoms with Crippen molar-refractivity contribution in [2.24, 2.45) is 0 Å². The molecule has 0 spiro atoms. The van der Waals surface area contributed by atoms with Crippen LogP contribution in [-0.4, -0.2) is 74.8 Å². The molecule has 10 heteroatoms. The molecule has 0 bridgehead atoms. The monoisotopic (exact) mass is 501 g/mol. The Labute approximate surface area is 218 Å². The summed E-state index contributed by atoms with van der Waals surface area (Å²) < 4.78 is 1.99. The number of carbonyl (C=O) groups excluding carboxylic acids is 1. The molecule has 0 aliphatic carbocycles. The molecular formula is C27H35N9O. The van der Waals surface area contributed by atoms with E-state index >= 15 is 0 Å². The Morgan fingerprint density at radius 3 is 2.46 bits per heavy atom. The van der Waals surface area contributed by atoms with Crippen molar-refractivity contribution in [2.75, 3.05) is 54.4 Å². The number of nitrogens with one attached hydrogen (secondary N) is 1. The molecule has 194 valence electrons. The third kappa shape index (κ3) is 5.61. The summed E-state index contributed by atoms with van der Waals surface area (Å²) in [5.74, 6) is 5.69. The Balaban J connectivity index is 1.40. The average Bonchev–Trinajstić information content (AvgIpc) is 3.52. The van der Waals surface area contributed by atoms with Crippen LogP contribution in [0.1, 0.15) is 52.0 Å². The van der Waals surface area contributed by atoms with Gasteiger partial charge >= 0.3 is 0 Å². The van der Waals surface area contributed by atoms with Gasteiger partial charge in [0, 0.05) is 81.9 Å². The van der Waals surface area contributed by atoms with Gasteiger partial charge in [-0.3, -0.25) is 9.48 Å². The van der Waals surface area contributed by atoms with Crippen molar-refractivity contribution in [3.8, 4) is 12.3 Å². The van der Waals surface area contributed by atoms with Crippen molar-refractivity contribution < 1.29 is 4.79 Å². The number of aromatic nitrogens is 5. The third-order valence-electron chi connectivity index (χ3n) is 6.99. The van der Waals surface area contributed by atoms with Gasteiger partial charge in [0.2, 0.25) is 11.9 Å². The molecule has 37 heavy (non-hydrogen) atoms. The maximum Gasteiger partial charge on any atom is 0.232 e. The predicted molar refractivity (Wildman–Crippen MR) is 146 cm³/mol. The standard InChI is InChI=1S/C27H35N9O/c1-4-5-9-26(37)35-13-8-12-34(14-15-35)25-17-24(33-10-6-7-11-33)31-27(32-25)30-23-16-22-21(18-28-23)19-29-36(22)20(2)3/h1,16-20H,5-15H2,2-3H3,(H,28,30,31,32). The Bertz CT molecular complexity index is 1290. The van der Waals surface area contributed by atoms with E-state index in [-0.39, 0.29) is 11.9 Å². The number of nitrogens with zero attached hydrogens (tertiary/aromatic N) is 8. The van der Waals surface area contributed by atoms with Crippen LogP contribution in [0.2, 0.25) is 0 Å². The van der Waals surface area contributed by atoms with Gasteiger partial charge in [-0.15, -0.1) is 12.3 Å². The van der Waals surface area contributed by atoms with Gasteiger partial charge in [-0.1, -0.05) is 0 Å². The fourth-order valence-corrected chi connectivity index (χ4v) is 5.02. The smallest absolute Gasteiger partial charge is 0.232 e. The second kappa shape index (κ2) is 11.0. The lowest BCUT2D eigenvalue weighted by Crippen LogP contribution is -2.35. The van der Waals surface area contributed by atoms with Crippen molar-refractivity contribution in [3.63, 3.8) is 0 Å². The third-order valence-corrected chi connectivity index (χ3v) is 6.99. The largest absolute Gasteiger partial charge is 0.356 e. The topological polar surface area (TPSA) is 95.3 Å². The lowest BCUT2D eigenvalue weighted by Gasteiger charge is -2.25. The number of terminal acetylenes is 1. The zero-order chi connectivity index (χ0) is 25.8. The maximum absolute atomic E-state index is 12.5. The van der Waals surface area contributed by atoms with E-state index in [1.807, 2.05) is 28.0 Å². The van der Waals surface area contributed by atoms with Gasteiger partial charge in [0.15, 0.2) is 0 Å². The van der Waals surface area contributed by atoms with Crippen LogP contribution < -0.4 is 15.1 Å². The number of fused-ring (bicyclic) bond motifs is 1. The minimum atomic E-state index is 0.129. The number of anilines is 4. The highest BCUT2D eigenvalue weighted by Gasteiger charge is 2.22. The lowest BCUT2D eigenvalue weighted by molar-refractivity contribution is -0.130. The van der Waals surface area contributed by atoms with Crippen LogP contribution >= 0.6 is 0 Å². The molecule has 10 nitrogen and oxygen atoms in total. The second-order valence-electron chi connectivity index (χ2n) is 9.96. The Morgan fingerprint density at radius 2 is 1.73 bits per heavy atom. The Hall–Kier alpha value is -3.87. The molecule has 0 aromatic carbocycles. The molecule has 2 saturated heterocycles. The molecule has 3 aromatic rings. The van der Waals surface area contributed by atoms with Gasteiger partial charge < -0.3 is 20.0 Å². The zero-order valence-electron chi connectivity index (χ0n) is 21.7. The number of hydrogen-bond acceptors (Lipinski definition) is 8. The summed E-state index contributed by atoms with van der Waals surface area (Å²) in [6, 6.07) is 4.33. The van der Waals surface area contributed by atoms with E-state index in [1.54, 1.807) is 0 Å². The molecule has 0 radical (unpaired) electrons. The predicted octanol–water partition coefficient (Wildman–Crippen LogP) is 3.60. The fraction of sp³-hybridized carbons (Fsp3) is 0.519. The van der Waals surface area contributed by atoms with E-state index in [9.17, 15) is 4.79 Å². The summed E-state index contributed by atoms with van der Waals surface area (Å²) in [7, 11) is 0. The number of pyridine rings is 1. The number of hydrogen-bond donors (Lipinski definition) is 1. The van der Waals surface area contributed by atoms with Gasteiger partial charge in [-0.25, -0.2) is 4.98 Å². The number of carbonyl (C=O) groups is 1. The van der Waals surface area contributed by atoms with E-state index in [0.717, 1.165) is 74.5 Å². The van der Waals surface area contributed by atoms with Crippen molar-refractivity contribution in [1.29, 1.82) is 0 Å². The second-order valence-corrected chi connectivity index (χ2v) is 9.96. The van der Waals surface area contributed by atoms with Crippen LogP contribution in [0.25, 0.3) is 10.9 Å². The molecule has 2 fully saturated rings. The molecule has 2 aliphatic rings. The summed E-state index contributed by atoms with van der Waals surface area (Å²) in [6.07, 6.45) is 13.1. The molecule has 0 saturated carbocycles. The molecule has 5 rings (SSSR count). The van der Waals surface area contributed by atoms with E-state index in [0.29, 0.717) is 31.2 Å². The average molecular weight is 502 g/mol. The summed E-state index contributed by atoms with van der Waals surface area (Å²) >= 11 is 0. The molecule has 2 aliphatic heterocycles. The van der Waals surface area contributed by atoms with Gasteiger partial charge in [-0.2, -0.15) is 15.1 Å². The van der Waals surface area contributed by atoms with Crippen LogP contribution in [-0.2, 0) is 4.79 Å². The number of amides is 1. The van der Waals surface area contributed by atoms with E-state index in [1.165, 1.54) is 0 Å². The van der Waals surface area contributed by atoms with Crippen LogP contribution in [0.5, 0.6) is 0 Å². The van der Waals surface area contributed by atoms with Crippen LogP contribution in [0, 0.1) is 12.3 Å². The van der Waals surface area contributed by atoms with E-state index in [4.69, 9.17) is 16.4 Å². The van der Waals surface area contributed by atoms with Crippen LogP contribution in [0.3, 0.4) is 0 Å². The summed E-state index contributed by atoms with van der Waals surface area (Å²) in [5, 5.41) is 8.84. The lowest BCUT2D eigenvalue weighted by atomic mass is 10.2. The summed E-state index contributed by atoms with van der Waals surface area (Å²) in [4.78, 5) is 33.4. The SMILES string of the molecule is C#CCCC(=O)N1CCCN(c2cc(N3CCCC3)nc(Nc3cc4c(cn3)cnn4C(C)C)n2)CC1. The molecule has 1 amide bonds. The number of rotatable bonds is 7. The summed E-state index contributed by atoms with van der Waals surface area (Å²) in [6.45, 7) is 9.15. The first-order valence-corrected chi connectivity index (χ1v) is 13.2. The van der Waals surface area contributed by atoms with Crippen molar-refractivity contribution >= 4 is 40.2 Å². The van der Waals surface area contributed by atoms with E-state index in [2.05, 4.69) is 51.0 Å². The highest BCUT2D eigenvalue weighted by Crippen LogP contribution is 2.27. The van der Waals surface area contributed by atoms with Gasteiger partial charge in [0.1, 0.15) is 17.5 Å². The Morgan fingerprint density at radius 1 is 1.00 bits per heavy atom. The molecular weight excluding hydrogens is 466 g/mol. The first-order valence-electron chi connectivity index (χ1n) is 13.2. The highest BCUT2D eigenvalue weighted by molar-refractivity contribution is 5.81. The Kier molecular flexibility index (Phi) is 7.40.